The molecule has 1 aromatic carbocycles. The van der Waals surface area contributed by atoms with Gasteiger partial charge in [0, 0.05) is 5.56 Å². The molecule has 0 radical (unpaired) electrons. The highest BCUT2D eigenvalue weighted by Gasteiger charge is 2.22. The van der Waals surface area contributed by atoms with E-state index < -0.39 is 17.9 Å². The molecule has 1 aromatic heterocycles. The minimum absolute atomic E-state index is 0.178. The summed E-state index contributed by atoms with van der Waals surface area (Å²) in [6, 6.07) is 8.39. The molecule has 1 aliphatic heterocycles. The van der Waals surface area contributed by atoms with E-state index in [0.717, 1.165) is 12.3 Å². The van der Waals surface area contributed by atoms with Gasteiger partial charge in [-0.1, -0.05) is 0 Å². The smallest absolute Gasteiger partial charge is 0.202 e. The largest absolute Gasteiger partial charge is 0.250 e. The van der Waals surface area contributed by atoms with Crippen LogP contribution in [0.25, 0.3) is 0 Å². The van der Waals surface area contributed by atoms with E-state index in [0.29, 0.717) is 17.1 Å². The molecule has 0 amide bonds. The average molecular weight is 286 g/mol. The summed E-state index contributed by atoms with van der Waals surface area (Å²) < 4.78 is 26.2. The molecular weight excluding hydrogens is 278 g/mol. The van der Waals surface area contributed by atoms with Crippen molar-refractivity contribution >= 4 is 5.84 Å². The number of nitriles is 1. The number of hydrogen-bond acceptors (Lipinski definition) is 5. The summed E-state index contributed by atoms with van der Waals surface area (Å²) in [6.45, 7) is 0. The van der Waals surface area contributed by atoms with Crippen LogP contribution in [0.3, 0.4) is 0 Å². The van der Waals surface area contributed by atoms with Crippen LogP contribution in [0, 0.1) is 23.0 Å². The number of rotatable bonds is 2. The number of amidine groups is 1. The lowest BCUT2D eigenvalue weighted by molar-refractivity contribution is 0.0374. The SMILES string of the molecule is N#Cc1cc(F)cc(C2N=C(c3ccc(F)cn3)NO2)c1. The molecule has 21 heavy (non-hydrogen) atoms. The van der Waals surface area contributed by atoms with Gasteiger partial charge in [-0.05, 0) is 30.3 Å². The Labute approximate surface area is 118 Å². The number of halogens is 2. The summed E-state index contributed by atoms with van der Waals surface area (Å²) in [7, 11) is 0. The van der Waals surface area contributed by atoms with Crippen LogP contribution in [0.2, 0.25) is 0 Å². The number of aliphatic imine (C=N–C) groups is 1. The third kappa shape index (κ3) is 2.70. The van der Waals surface area contributed by atoms with Crippen LogP contribution in [0.15, 0.2) is 41.5 Å². The first-order valence-corrected chi connectivity index (χ1v) is 5.98. The predicted octanol–water partition coefficient (Wildman–Crippen LogP) is 2.21. The first-order valence-electron chi connectivity index (χ1n) is 5.98. The molecule has 1 atom stereocenters. The van der Waals surface area contributed by atoms with E-state index in [1.807, 2.05) is 6.07 Å². The standard InChI is InChI=1S/C14H8F2N4O/c15-10-1-2-12(18-7-10)13-19-14(21-20-13)9-3-8(6-17)4-11(16)5-9/h1-5,7,14H,(H,19,20). The van der Waals surface area contributed by atoms with Crippen molar-refractivity contribution in [3.05, 3.63) is 65.0 Å². The van der Waals surface area contributed by atoms with Gasteiger partial charge in [-0.2, -0.15) is 5.26 Å². The molecule has 0 saturated heterocycles. The van der Waals surface area contributed by atoms with Crippen LogP contribution in [0.5, 0.6) is 0 Å². The number of nitrogens with zero attached hydrogens (tertiary/aromatic N) is 3. The van der Waals surface area contributed by atoms with Crippen LogP contribution in [0.4, 0.5) is 8.78 Å². The summed E-state index contributed by atoms with van der Waals surface area (Å²) in [6.07, 6.45) is 0.262. The van der Waals surface area contributed by atoms with Crippen molar-refractivity contribution in [2.45, 2.75) is 6.23 Å². The highest BCUT2D eigenvalue weighted by molar-refractivity contribution is 5.97. The number of benzene rings is 1. The number of hydroxylamine groups is 1. The molecule has 2 heterocycles. The van der Waals surface area contributed by atoms with Gasteiger partial charge in [-0.3, -0.25) is 0 Å². The van der Waals surface area contributed by atoms with Crippen molar-refractivity contribution in [3.63, 3.8) is 0 Å². The van der Waals surface area contributed by atoms with Gasteiger partial charge >= 0.3 is 0 Å². The van der Waals surface area contributed by atoms with E-state index in [1.54, 1.807) is 0 Å². The van der Waals surface area contributed by atoms with Crippen molar-refractivity contribution in [2.24, 2.45) is 4.99 Å². The molecule has 7 heteroatoms. The lowest BCUT2D eigenvalue weighted by Crippen LogP contribution is -2.19. The summed E-state index contributed by atoms with van der Waals surface area (Å²) in [5, 5.41) is 8.83. The summed E-state index contributed by atoms with van der Waals surface area (Å²) >= 11 is 0. The summed E-state index contributed by atoms with van der Waals surface area (Å²) in [5.74, 6) is -0.697. The lowest BCUT2D eigenvalue weighted by Gasteiger charge is -2.06. The van der Waals surface area contributed by atoms with Crippen molar-refractivity contribution in [1.82, 2.24) is 10.5 Å². The van der Waals surface area contributed by atoms with Gasteiger partial charge in [0.25, 0.3) is 0 Å². The average Bonchev–Trinajstić information content (AvgIpc) is 2.97. The molecule has 1 N–H and O–H groups in total. The zero-order chi connectivity index (χ0) is 14.8. The third-order valence-electron chi connectivity index (χ3n) is 2.82. The molecule has 3 rings (SSSR count). The Kier molecular flexibility index (Phi) is 3.30. The number of aromatic nitrogens is 1. The monoisotopic (exact) mass is 286 g/mol. The fraction of sp³-hybridized carbons (Fsp3) is 0.0714. The molecule has 0 spiro atoms. The van der Waals surface area contributed by atoms with Crippen molar-refractivity contribution in [3.8, 4) is 6.07 Å². The van der Waals surface area contributed by atoms with E-state index in [4.69, 9.17) is 10.1 Å². The van der Waals surface area contributed by atoms with Crippen molar-refractivity contribution in [1.29, 1.82) is 5.26 Å². The van der Waals surface area contributed by atoms with Crippen LogP contribution < -0.4 is 5.48 Å². The zero-order valence-electron chi connectivity index (χ0n) is 10.5. The van der Waals surface area contributed by atoms with E-state index in [9.17, 15) is 8.78 Å². The fourth-order valence-electron chi connectivity index (χ4n) is 1.88. The van der Waals surface area contributed by atoms with Gasteiger partial charge in [0.1, 0.15) is 17.3 Å². The maximum absolute atomic E-state index is 13.4. The van der Waals surface area contributed by atoms with Gasteiger partial charge < -0.3 is 0 Å². The van der Waals surface area contributed by atoms with Gasteiger partial charge in [0.2, 0.25) is 6.23 Å². The molecule has 1 unspecified atom stereocenters. The summed E-state index contributed by atoms with van der Waals surface area (Å²) in [4.78, 5) is 13.3. The third-order valence-corrected chi connectivity index (χ3v) is 2.82. The number of hydrogen-bond donors (Lipinski definition) is 1. The second kappa shape index (κ2) is 5.26. The van der Waals surface area contributed by atoms with Gasteiger partial charge in [-0.15, -0.1) is 0 Å². The minimum atomic E-state index is -0.797. The number of nitrogens with one attached hydrogen (secondary N) is 1. The molecule has 0 aliphatic carbocycles. The normalized spacial score (nSPS) is 17.0. The van der Waals surface area contributed by atoms with Gasteiger partial charge in [0.05, 0.1) is 17.8 Å². The van der Waals surface area contributed by atoms with Gasteiger partial charge in [0.15, 0.2) is 5.84 Å². The second-order valence-electron chi connectivity index (χ2n) is 4.30. The highest BCUT2D eigenvalue weighted by atomic mass is 19.1. The molecule has 104 valence electrons. The van der Waals surface area contributed by atoms with Crippen molar-refractivity contribution < 1.29 is 13.6 Å². The molecule has 2 aromatic rings. The van der Waals surface area contributed by atoms with Crippen LogP contribution >= 0.6 is 0 Å². The molecule has 5 nitrogen and oxygen atoms in total. The molecule has 1 aliphatic rings. The van der Waals surface area contributed by atoms with Gasteiger partial charge in [-0.25, -0.2) is 29.1 Å². The van der Waals surface area contributed by atoms with Crippen LogP contribution in [0.1, 0.15) is 23.0 Å². The first kappa shape index (κ1) is 13.1. The van der Waals surface area contributed by atoms with E-state index in [2.05, 4.69) is 15.5 Å². The Morgan fingerprint density at radius 1 is 1.19 bits per heavy atom. The van der Waals surface area contributed by atoms with E-state index in [1.165, 1.54) is 24.3 Å². The molecule has 0 bridgehead atoms. The zero-order valence-corrected chi connectivity index (χ0v) is 10.5. The van der Waals surface area contributed by atoms with Crippen LogP contribution in [-0.2, 0) is 4.84 Å². The topological polar surface area (TPSA) is 70.3 Å². The maximum atomic E-state index is 13.4. The molecule has 0 fully saturated rings. The van der Waals surface area contributed by atoms with E-state index in [-0.39, 0.29) is 5.56 Å². The quantitative estimate of drug-likeness (QED) is 0.919. The molecular formula is C14H8F2N4O. The maximum Gasteiger partial charge on any atom is 0.202 e. The Balaban J connectivity index is 1.90. The number of pyridine rings is 1. The first-order chi connectivity index (χ1) is 10.2. The Morgan fingerprint density at radius 2 is 2.05 bits per heavy atom. The minimum Gasteiger partial charge on any atom is -0.250 e. The Bertz CT molecular complexity index is 753. The second-order valence-corrected chi connectivity index (χ2v) is 4.30. The molecule has 0 saturated carbocycles. The fourth-order valence-corrected chi connectivity index (χ4v) is 1.88. The predicted molar refractivity (Wildman–Crippen MR) is 68.8 cm³/mol. The highest BCUT2D eigenvalue weighted by Crippen LogP contribution is 2.24. The Hall–Kier alpha value is -2.85. The summed E-state index contributed by atoms with van der Waals surface area (Å²) in [5.41, 5.74) is 3.53. The van der Waals surface area contributed by atoms with E-state index >= 15 is 0 Å². The Morgan fingerprint density at radius 3 is 2.76 bits per heavy atom. The van der Waals surface area contributed by atoms with Crippen LogP contribution in [-0.4, -0.2) is 10.8 Å². The van der Waals surface area contributed by atoms with Crippen molar-refractivity contribution in [2.75, 3.05) is 0 Å². The lowest BCUT2D eigenvalue weighted by atomic mass is 10.1.